The molecule has 0 radical (unpaired) electrons. The lowest BCUT2D eigenvalue weighted by atomic mass is 9.67. The van der Waals surface area contributed by atoms with Gasteiger partial charge in [0.15, 0.2) is 5.78 Å². The van der Waals surface area contributed by atoms with Crippen molar-refractivity contribution >= 4 is 17.6 Å². The molecule has 0 aromatic heterocycles. The second-order valence-corrected chi connectivity index (χ2v) is 11.5. The van der Waals surface area contributed by atoms with Crippen molar-refractivity contribution in [1.29, 1.82) is 0 Å². The maximum absolute atomic E-state index is 15.0. The second kappa shape index (κ2) is 11.7. The molecule has 2 saturated heterocycles. The molecule has 1 aromatic rings. The van der Waals surface area contributed by atoms with Crippen LogP contribution in [0.25, 0.3) is 0 Å². The lowest BCUT2D eigenvalue weighted by Crippen LogP contribution is -2.59. The maximum Gasteiger partial charge on any atom is 0.272 e. The average Bonchev–Trinajstić information content (AvgIpc) is 3.70. The molecule has 4 aliphatic rings. The standard InChI is InChI=1S/C29H38F2N4O6/c1-17(32-23(36)15-35-8-10-40-11-9-35)27(38)34-21(12-18-4-6-20(39-3)7-5-18)25-24-19(14-29(24,30)31)13-22(33-25)26(37)28(2)16-41-28/h4-7,17,19,21-22,33H,8-16H2,1-3H3,(H,32,36)(H,34,38)/t17-,19?,21-,22-,28+/m0/s1. The lowest BCUT2D eigenvalue weighted by Gasteiger charge is -2.48. The third kappa shape index (κ3) is 6.54. The molecule has 3 heterocycles. The molecular weight excluding hydrogens is 538 g/mol. The number of alkyl halides is 2. The first-order chi connectivity index (χ1) is 19.5. The molecule has 3 fully saturated rings. The van der Waals surface area contributed by atoms with Gasteiger partial charge in [-0.15, -0.1) is 0 Å². The molecule has 10 nitrogen and oxygen atoms in total. The number of rotatable bonds is 11. The molecule has 0 spiro atoms. The molecule has 1 aliphatic carbocycles. The zero-order valence-corrected chi connectivity index (χ0v) is 23.6. The summed E-state index contributed by atoms with van der Waals surface area (Å²) in [7, 11) is 1.55. The lowest BCUT2D eigenvalue weighted by molar-refractivity contribution is -0.130. The average molecular weight is 577 g/mol. The Morgan fingerprint density at radius 2 is 1.85 bits per heavy atom. The van der Waals surface area contributed by atoms with Gasteiger partial charge in [-0.2, -0.15) is 0 Å². The van der Waals surface area contributed by atoms with Crippen LogP contribution in [0.1, 0.15) is 32.3 Å². The van der Waals surface area contributed by atoms with Gasteiger partial charge in [-0.05, 0) is 50.3 Å². The van der Waals surface area contributed by atoms with E-state index in [-0.39, 0.29) is 48.8 Å². The summed E-state index contributed by atoms with van der Waals surface area (Å²) in [6.45, 7) is 6.02. The fourth-order valence-electron chi connectivity index (χ4n) is 5.83. The molecule has 1 saturated carbocycles. The fraction of sp³-hybridized carbons (Fsp3) is 0.621. The smallest absolute Gasteiger partial charge is 0.272 e. The Morgan fingerprint density at radius 1 is 1.17 bits per heavy atom. The highest BCUT2D eigenvalue weighted by Crippen LogP contribution is 2.53. The minimum Gasteiger partial charge on any atom is -0.497 e. The Morgan fingerprint density at radius 3 is 2.46 bits per heavy atom. The van der Waals surface area contributed by atoms with Crippen LogP contribution >= 0.6 is 0 Å². The van der Waals surface area contributed by atoms with Crippen LogP contribution in [-0.4, -0.2) is 98.7 Å². The Bertz CT molecular complexity index is 1200. The van der Waals surface area contributed by atoms with E-state index in [2.05, 4.69) is 16.0 Å². The van der Waals surface area contributed by atoms with Gasteiger partial charge < -0.3 is 30.2 Å². The number of nitrogens with zero attached hydrogens (tertiary/aromatic N) is 1. The first-order valence-electron chi connectivity index (χ1n) is 14.1. The summed E-state index contributed by atoms with van der Waals surface area (Å²) in [5.74, 6) is -3.88. The predicted molar refractivity (Wildman–Crippen MR) is 144 cm³/mol. The van der Waals surface area contributed by atoms with Gasteiger partial charge in [-0.3, -0.25) is 19.3 Å². The monoisotopic (exact) mass is 576 g/mol. The van der Waals surface area contributed by atoms with Crippen molar-refractivity contribution < 1.29 is 37.4 Å². The summed E-state index contributed by atoms with van der Waals surface area (Å²) in [5.41, 5.74) is -0.0388. The molecule has 1 aromatic carbocycles. The van der Waals surface area contributed by atoms with E-state index >= 15 is 0 Å². The number of methoxy groups -OCH3 is 1. The van der Waals surface area contributed by atoms with E-state index in [1.54, 1.807) is 45.2 Å². The number of morpholine rings is 1. The van der Waals surface area contributed by atoms with Crippen LogP contribution in [0.2, 0.25) is 0 Å². The number of ketones is 1. The molecule has 1 unspecified atom stereocenters. The third-order valence-corrected chi connectivity index (χ3v) is 8.37. The van der Waals surface area contributed by atoms with E-state index in [1.807, 2.05) is 4.90 Å². The first-order valence-corrected chi connectivity index (χ1v) is 14.1. The normalized spacial score (nSPS) is 28.3. The SMILES string of the molecule is COc1ccc(C[C@H](NC(=O)[C@H](C)NC(=O)CN2CCOCC2)C2=C3C(C[C@@H](C(=O)[C@@]4(C)CO4)N2)CC3(F)F)cc1. The maximum atomic E-state index is 15.0. The number of hydrogen-bond acceptors (Lipinski definition) is 8. The van der Waals surface area contributed by atoms with Crippen molar-refractivity contribution in [2.75, 3.05) is 46.6 Å². The highest BCUT2D eigenvalue weighted by molar-refractivity contribution is 5.94. The largest absolute Gasteiger partial charge is 0.497 e. The highest BCUT2D eigenvalue weighted by atomic mass is 19.3. The zero-order chi connectivity index (χ0) is 29.4. The predicted octanol–water partition coefficient (Wildman–Crippen LogP) is 1.19. The summed E-state index contributed by atoms with van der Waals surface area (Å²) in [5, 5.41) is 8.70. The van der Waals surface area contributed by atoms with Crippen LogP contribution in [0.5, 0.6) is 5.75 Å². The van der Waals surface area contributed by atoms with Crippen LogP contribution in [0.4, 0.5) is 8.78 Å². The van der Waals surface area contributed by atoms with Gasteiger partial charge in [0.2, 0.25) is 11.8 Å². The summed E-state index contributed by atoms with van der Waals surface area (Å²) in [6.07, 6.45) is 0.100. The van der Waals surface area contributed by atoms with Gasteiger partial charge in [-0.25, -0.2) is 8.78 Å². The Kier molecular flexibility index (Phi) is 8.36. The first kappa shape index (κ1) is 29.4. The minimum atomic E-state index is -3.04. The number of halogens is 2. The molecule has 3 aliphatic heterocycles. The van der Waals surface area contributed by atoms with E-state index in [1.165, 1.54) is 0 Å². The van der Waals surface area contributed by atoms with Gasteiger partial charge in [-0.1, -0.05) is 12.1 Å². The number of amides is 2. The van der Waals surface area contributed by atoms with Crippen molar-refractivity contribution in [2.24, 2.45) is 5.92 Å². The van der Waals surface area contributed by atoms with Crippen molar-refractivity contribution in [3.05, 3.63) is 41.1 Å². The molecule has 2 amide bonds. The van der Waals surface area contributed by atoms with Crippen molar-refractivity contribution in [2.45, 2.75) is 62.8 Å². The van der Waals surface area contributed by atoms with Crippen molar-refractivity contribution in [1.82, 2.24) is 20.9 Å². The number of benzene rings is 1. The van der Waals surface area contributed by atoms with Crippen LogP contribution in [0.15, 0.2) is 35.5 Å². The topological polar surface area (TPSA) is 122 Å². The van der Waals surface area contributed by atoms with E-state index in [9.17, 15) is 23.2 Å². The molecule has 224 valence electrons. The fourth-order valence-corrected chi connectivity index (χ4v) is 5.83. The number of epoxide rings is 1. The molecule has 5 rings (SSSR count). The summed E-state index contributed by atoms with van der Waals surface area (Å²) in [4.78, 5) is 41.1. The van der Waals surface area contributed by atoms with E-state index in [0.29, 0.717) is 38.7 Å². The van der Waals surface area contributed by atoms with E-state index < -0.39 is 41.5 Å². The summed E-state index contributed by atoms with van der Waals surface area (Å²) >= 11 is 0. The van der Waals surface area contributed by atoms with Crippen molar-refractivity contribution in [3.8, 4) is 5.75 Å². The zero-order valence-electron chi connectivity index (χ0n) is 23.6. The number of nitrogens with one attached hydrogen (secondary N) is 3. The number of fused-ring (bicyclic) bond motifs is 1. The Hall–Kier alpha value is -3.09. The van der Waals surface area contributed by atoms with Crippen LogP contribution < -0.4 is 20.7 Å². The number of carbonyl (C=O) groups is 3. The van der Waals surface area contributed by atoms with Gasteiger partial charge in [0.05, 0.1) is 45.6 Å². The highest BCUT2D eigenvalue weighted by Gasteiger charge is 2.59. The van der Waals surface area contributed by atoms with E-state index in [0.717, 1.165) is 5.56 Å². The third-order valence-electron chi connectivity index (χ3n) is 8.37. The molecular formula is C29H38F2N4O6. The molecule has 3 N–H and O–H groups in total. The Balaban J connectivity index is 1.36. The summed E-state index contributed by atoms with van der Waals surface area (Å²) < 4.78 is 45.8. The minimum absolute atomic E-state index is 0.0637. The molecule has 41 heavy (non-hydrogen) atoms. The molecule has 0 bridgehead atoms. The van der Waals surface area contributed by atoms with Crippen molar-refractivity contribution in [3.63, 3.8) is 0 Å². The van der Waals surface area contributed by atoms with Gasteiger partial charge >= 0.3 is 0 Å². The number of hydrogen-bond donors (Lipinski definition) is 3. The number of Topliss-reactive ketones (excluding diaryl/α,β-unsaturated/α-hetero) is 1. The van der Waals surface area contributed by atoms with Crippen LogP contribution in [-0.2, 0) is 30.3 Å². The quantitative estimate of drug-likeness (QED) is 0.336. The molecule has 5 atom stereocenters. The van der Waals surface area contributed by atoms with Gasteiger partial charge in [0, 0.05) is 30.8 Å². The van der Waals surface area contributed by atoms with Crippen LogP contribution in [0.3, 0.4) is 0 Å². The number of allylic oxidation sites excluding steroid dienone is 1. The number of ether oxygens (including phenoxy) is 3. The van der Waals surface area contributed by atoms with Gasteiger partial charge in [0.25, 0.3) is 5.92 Å². The van der Waals surface area contributed by atoms with E-state index in [4.69, 9.17) is 14.2 Å². The van der Waals surface area contributed by atoms with Gasteiger partial charge in [0.1, 0.15) is 17.4 Å². The Labute approximate surface area is 238 Å². The molecule has 12 heteroatoms. The number of carbonyl (C=O) groups excluding carboxylic acids is 3. The summed E-state index contributed by atoms with van der Waals surface area (Å²) in [6, 6.07) is 4.62. The van der Waals surface area contributed by atoms with Crippen LogP contribution in [0, 0.1) is 5.92 Å². The second-order valence-electron chi connectivity index (χ2n) is 11.5.